The Bertz CT molecular complexity index is 883. The second kappa shape index (κ2) is 10.6. The third-order valence-corrected chi connectivity index (χ3v) is 4.50. The van der Waals surface area contributed by atoms with Crippen molar-refractivity contribution in [2.24, 2.45) is 5.73 Å². The molecule has 2 N–H and O–H groups in total. The van der Waals surface area contributed by atoms with Gasteiger partial charge in [-0.3, -0.25) is 0 Å². The van der Waals surface area contributed by atoms with Crippen LogP contribution >= 0.6 is 0 Å². The average molecular weight is 415 g/mol. The van der Waals surface area contributed by atoms with Gasteiger partial charge in [-0.15, -0.1) is 0 Å². The molecule has 1 unspecified atom stereocenters. The topological polar surface area (TPSA) is 107 Å². The van der Waals surface area contributed by atoms with Gasteiger partial charge in [0.1, 0.15) is 24.0 Å². The molecule has 0 fully saturated rings. The largest absolute Gasteiger partial charge is 0.490 e. The molecule has 1 heterocycles. The molecule has 0 spiro atoms. The van der Waals surface area contributed by atoms with E-state index in [-0.39, 0.29) is 23.6 Å². The zero-order chi connectivity index (χ0) is 22.3. The number of rotatable bonds is 9. The van der Waals surface area contributed by atoms with Crippen LogP contribution in [0, 0.1) is 11.3 Å². The number of carbonyl (C=O) groups excluding carboxylic acids is 1. The maximum Gasteiger partial charge on any atom is 0.338 e. The van der Waals surface area contributed by atoms with Crippen LogP contribution in [0.25, 0.3) is 0 Å². The molecule has 1 aliphatic heterocycles. The number of nitrogens with two attached hydrogens (primary N) is 1. The van der Waals surface area contributed by atoms with Gasteiger partial charge in [0.25, 0.3) is 0 Å². The van der Waals surface area contributed by atoms with Gasteiger partial charge in [-0.2, -0.15) is 5.26 Å². The average Bonchev–Trinajstić information content (AvgIpc) is 2.68. The van der Waals surface area contributed by atoms with Crippen LogP contribution in [-0.4, -0.2) is 51.3 Å². The second-order valence-corrected chi connectivity index (χ2v) is 6.91. The minimum absolute atomic E-state index is 0.0303. The van der Waals surface area contributed by atoms with E-state index in [1.54, 1.807) is 32.0 Å². The molecule has 0 bridgehead atoms. The van der Waals surface area contributed by atoms with Gasteiger partial charge in [0.2, 0.25) is 5.88 Å². The van der Waals surface area contributed by atoms with Crippen LogP contribution in [0.4, 0.5) is 0 Å². The molecule has 1 atom stereocenters. The predicted octanol–water partition coefficient (Wildman–Crippen LogP) is 2.67. The van der Waals surface area contributed by atoms with E-state index in [0.717, 1.165) is 6.54 Å². The summed E-state index contributed by atoms with van der Waals surface area (Å²) in [5.74, 6) is 0.110. The number of hydrogen-bond donors (Lipinski definition) is 1. The first-order chi connectivity index (χ1) is 14.3. The Morgan fingerprint density at radius 1 is 1.23 bits per heavy atom. The fraction of sp³-hybridized carbons (Fsp3) is 0.455. The van der Waals surface area contributed by atoms with Gasteiger partial charge >= 0.3 is 5.97 Å². The van der Waals surface area contributed by atoms with Crippen molar-refractivity contribution >= 4 is 5.97 Å². The summed E-state index contributed by atoms with van der Waals surface area (Å²) in [5.41, 5.74) is 7.00. The van der Waals surface area contributed by atoms with E-state index in [4.69, 9.17) is 24.7 Å². The molecule has 8 heteroatoms. The Morgan fingerprint density at radius 3 is 2.57 bits per heavy atom. The molecule has 162 valence electrons. The summed E-state index contributed by atoms with van der Waals surface area (Å²) in [6.07, 6.45) is 0. The highest BCUT2D eigenvalue weighted by Gasteiger charge is 2.36. The normalized spacial score (nSPS) is 16.2. The summed E-state index contributed by atoms with van der Waals surface area (Å²) in [6.45, 7) is 7.10. The van der Waals surface area contributed by atoms with E-state index in [2.05, 4.69) is 6.07 Å². The SMILES string of the molecule is CCOC(=O)C1=C(C)OC(N)=C(C#N)C1c1ccc(OCCN(C)C)c(OCC)c1. The molecule has 0 radical (unpaired) electrons. The van der Waals surface area contributed by atoms with Gasteiger partial charge in [0.15, 0.2) is 11.5 Å². The smallest absolute Gasteiger partial charge is 0.338 e. The molecule has 1 aromatic carbocycles. The lowest BCUT2D eigenvalue weighted by molar-refractivity contribution is -0.139. The third kappa shape index (κ3) is 5.24. The van der Waals surface area contributed by atoms with Crippen molar-refractivity contribution in [1.82, 2.24) is 4.90 Å². The number of likely N-dealkylation sites (N-methyl/N-ethyl adjacent to an activating group) is 1. The quantitative estimate of drug-likeness (QED) is 0.614. The maximum absolute atomic E-state index is 12.6. The Labute approximate surface area is 177 Å². The Morgan fingerprint density at radius 2 is 1.97 bits per heavy atom. The molecule has 2 rings (SSSR count). The first-order valence-corrected chi connectivity index (χ1v) is 9.83. The first kappa shape index (κ1) is 23.1. The highest BCUT2D eigenvalue weighted by molar-refractivity contribution is 5.92. The zero-order valence-corrected chi connectivity index (χ0v) is 18.2. The van der Waals surface area contributed by atoms with Crippen LogP contribution in [0.2, 0.25) is 0 Å². The number of allylic oxidation sites excluding steroid dienone is 2. The molecule has 0 saturated heterocycles. The van der Waals surface area contributed by atoms with Gasteiger partial charge in [-0.25, -0.2) is 4.79 Å². The number of benzene rings is 1. The van der Waals surface area contributed by atoms with Crippen LogP contribution in [0.15, 0.2) is 41.0 Å². The molecule has 8 nitrogen and oxygen atoms in total. The van der Waals surface area contributed by atoms with Crippen LogP contribution in [0.1, 0.15) is 32.3 Å². The van der Waals surface area contributed by atoms with E-state index >= 15 is 0 Å². The Kier molecular flexibility index (Phi) is 8.13. The number of nitrogens with zero attached hydrogens (tertiary/aromatic N) is 2. The molecule has 0 aliphatic carbocycles. The highest BCUT2D eigenvalue weighted by Crippen LogP contribution is 2.42. The fourth-order valence-corrected chi connectivity index (χ4v) is 3.12. The molecular formula is C22H29N3O5. The van der Waals surface area contributed by atoms with Gasteiger partial charge < -0.3 is 29.6 Å². The number of hydrogen-bond acceptors (Lipinski definition) is 8. The highest BCUT2D eigenvalue weighted by atomic mass is 16.5. The lowest BCUT2D eigenvalue weighted by atomic mass is 9.83. The molecule has 0 amide bonds. The second-order valence-electron chi connectivity index (χ2n) is 6.91. The summed E-state index contributed by atoms with van der Waals surface area (Å²) in [4.78, 5) is 14.7. The van der Waals surface area contributed by atoms with Gasteiger partial charge in [0, 0.05) is 6.54 Å². The Hall–Kier alpha value is -3.18. The summed E-state index contributed by atoms with van der Waals surface area (Å²) >= 11 is 0. The lowest BCUT2D eigenvalue weighted by Gasteiger charge is -2.27. The summed E-state index contributed by atoms with van der Waals surface area (Å²) in [5, 5.41) is 9.70. The van der Waals surface area contributed by atoms with Crippen molar-refractivity contribution in [3.63, 3.8) is 0 Å². The van der Waals surface area contributed by atoms with E-state index < -0.39 is 11.9 Å². The predicted molar refractivity (Wildman–Crippen MR) is 112 cm³/mol. The van der Waals surface area contributed by atoms with Crippen molar-refractivity contribution in [3.8, 4) is 17.6 Å². The number of nitriles is 1. The Balaban J connectivity index is 2.50. The standard InChI is InChI=1S/C22H29N3O5/c1-6-27-18-12-15(8-9-17(18)29-11-10-25(4)5)20-16(13-23)21(24)30-14(3)19(20)22(26)28-7-2/h8-9,12,20H,6-7,10-11,24H2,1-5H3. The van der Waals surface area contributed by atoms with Crippen molar-refractivity contribution in [3.05, 3.63) is 46.6 Å². The van der Waals surface area contributed by atoms with Crippen molar-refractivity contribution in [2.45, 2.75) is 26.7 Å². The minimum atomic E-state index is -0.724. The van der Waals surface area contributed by atoms with Crippen molar-refractivity contribution in [1.29, 1.82) is 5.26 Å². The fourth-order valence-electron chi connectivity index (χ4n) is 3.12. The molecule has 30 heavy (non-hydrogen) atoms. The van der Waals surface area contributed by atoms with E-state index in [0.29, 0.717) is 36.0 Å². The van der Waals surface area contributed by atoms with Gasteiger partial charge in [0.05, 0.1) is 24.7 Å². The summed E-state index contributed by atoms with van der Waals surface area (Å²) in [7, 11) is 3.93. The number of esters is 1. The molecule has 0 saturated carbocycles. The molecule has 1 aliphatic rings. The van der Waals surface area contributed by atoms with E-state index in [1.807, 2.05) is 25.9 Å². The zero-order valence-electron chi connectivity index (χ0n) is 18.2. The van der Waals surface area contributed by atoms with Crippen LogP contribution in [-0.2, 0) is 14.3 Å². The number of carbonyl (C=O) groups is 1. The molecule has 0 aromatic heterocycles. The number of ether oxygens (including phenoxy) is 4. The van der Waals surface area contributed by atoms with Crippen LogP contribution < -0.4 is 15.2 Å². The minimum Gasteiger partial charge on any atom is -0.490 e. The summed E-state index contributed by atoms with van der Waals surface area (Å²) in [6, 6.07) is 7.40. The van der Waals surface area contributed by atoms with E-state index in [9.17, 15) is 10.1 Å². The van der Waals surface area contributed by atoms with Crippen molar-refractivity contribution < 1.29 is 23.7 Å². The maximum atomic E-state index is 12.6. The molecular weight excluding hydrogens is 386 g/mol. The lowest BCUT2D eigenvalue weighted by Crippen LogP contribution is -2.25. The summed E-state index contributed by atoms with van der Waals surface area (Å²) < 4.78 is 22.3. The monoisotopic (exact) mass is 415 g/mol. The van der Waals surface area contributed by atoms with E-state index in [1.165, 1.54) is 0 Å². The van der Waals surface area contributed by atoms with Crippen LogP contribution in [0.3, 0.4) is 0 Å². The van der Waals surface area contributed by atoms with Crippen LogP contribution in [0.5, 0.6) is 11.5 Å². The van der Waals surface area contributed by atoms with Gasteiger partial charge in [-0.1, -0.05) is 6.07 Å². The van der Waals surface area contributed by atoms with Crippen molar-refractivity contribution in [2.75, 3.05) is 40.5 Å². The van der Waals surface area contributed by atoms with Gasteiger partial charge in [-0.05, 0) is 52.6 Å². The first-order valence-electron chi connectivity index (χ1n) is 9.83. The molecule has 1 aromatic rings. The third-order valence-electron chi connectivity index (χ3n) is 4.50.